The highest BCUT2D eigenvalue weighted by Gasteiger charge is 2.39. The first-order valence-electron chi connectivity index (χ1n) is 6.15. The van der Waals surface area contributed by atoms with Crippen molar-refractivity contribution in [3.63, 3.8) is 0 Å². The Morgan fingerprint density at radius 3 is 1.91 bits per heavy atom. The lowest BCUT2D eigenvalue weighted by Gasteiger charge is -2.16. The summed E-state index contributed by atoms with van der Waals surface area (Å²) in [7, 11) is 0. The van der Waals surface area contributed by atoms with Gasteiger partial charge in [-0.3, -0.25) is 9.59 Å². The van der Waals surface area contributed by atoms with E-state index >= 15 is 0 Å². The minimum absolute atomic E-state index is 0.0318. The molecule has 1 aliphatic rings. The second-order valence-corrected chi connectivity index (χ2v) is 4.66. The molecule has 0 saturated heterocycles. The maximum absolute atomic E-state index is 13.9. The van der Waals surface area contributed by atoms with Crippen molar-refractivity contribution in [3.05, 3.63) is 65.0 Å². The second kappa shape index (κ2) is 4.66. The van der Waals surface area contributed by atoms with E-state index in [-0.39, 0.29) is 11.1 Å². The molecule has 22 heavy (non-hydrogen) atoms. The zero-order valence-corrected chi connectivity index (χ0v) is 10.8. The van der Waals surface area contributed by atoms with E-state index in [0.717, 1.165) is 0 Å². The molecule has 1 aliphatic heterocycles. The molecule has 0 spiro atoms. The Hall–Kier alpha value is -2.70. The van der Waals surface area contributed by atoms with E-state index in [4.69, 9.17) is 0 Å². The zero-order valence-electron chi connectivity index (χ0n) is 10.8. The molecule has 0 aromatic heterocycles. The summed E-state index contributed by atoms with van der Waals surface area (Å²) in [5.74, 6) is -2.78. The summed E-state index contributed by atoms with van der Waals surface area (Å²) in [4.78, 5) is 24.8. The largest absolute Gasteiger partial charge is 0.416 e. The van der Waals surface area contributed by atoms with E-state index < -0.39 is 35.1 Å². The number of carbonyl (C=O) groups excluding carboxylic acids is 2. The predicted octanol–water partition coefficient (Wildman–Crippen LogP) is 3.65. The molecule has 3 nitrogen and oxygen atoms in total. The molecule has 0 N–H and O–H groups in total. The summed E-state index contributed by atoms with van der Waals surface area (Å²) >= 11 is 0. The third kappa shape index (κ3) is 2.05. The molecule has 3 rings (SSSR count). The first kappa shape index (κ1) is 14.2. The molecule has 0 saturated carbocycles. The molecule has 2 aromatic rings. The van der Waals surface area contributed by atoms with Gasteiger partial charge in [-0.1, -0.05) is 12.1 Å². The highest BCUT2D eigenvalue weighted by molar-refractivity contribution is 6.34. The van der Waals surface area contributed by atoms with Crippen molar-refractivity contribution in [2.24, 2.45) is 0 Å². The van der Waals surface area contributed by atoms with Crippen LogP contribution in [0.2, 0.25) is 0 Å². The zero-order chi connectivity index (χ0) is 16.1. The Balaban J connectivity index is 2.14. The third-order valence-corrected chi connectivity index (χ3v) is 3.31. The molecule has 0 aliphatic carbocycles. The minimum Gasteiger partial charge on any atom is -0.268 e. The number of hydrogen-bond donors (Lipinski definition) is 0. The summed E-state index contributed by atoms with van der Waals surface area (Å²) in [6.07, 6.45) is -4.71. The van der Waals surface area contributed by atoms with Crippen LogP contribution < -0.4 is 4.90 Å². The molecule has 0 atom stereocenters. The van der Waals surface area contributed by atoms with Gasteiger partial charge in [-0.2, -0.15) is 13.2 Å². The second-order valence-electron chi connectivity index (χ2n) is 4.66. The number of amides is 2. The van der Waals surface area contributed by atoms with Crippen LogP contribution in [0.3, 0.4) is 0 Å². The van der Waals surface area contributed by atoms with Gasteiger partial charge in [-0.15, -0.1) is 0 Å². The quantitative estimate of drug-likeness (QED) is 0.596. The molecule has 0 fully saturated rings. The topological polar surface area (TPSA) is 37.4 Å². The van der Waals surface area contributed by atoms with Gasteiger partial charge in [0.05, 0.1) is 22.4 Å². The Labute approximate surface area is 121 Å². The van der Waals surface area contributed by atoms with Crippen LogP contribution in [0.25, 0.3) is 0 Å². The van der Waals surface area contributed by atoms with Gasteiger partial charge in [-0.25, -0.2) is 9.29 Å². The van der Waals surface area contributed by atoms with Gasteiger partial charge < -0.3 is 0 Å². The fraction of sp³-hybridized carbons (Fsp3) is 0.0667. The third-order valence-electron chi connectivity index (χ3n) is 3.31. The minimum atomic E-state index is -4.71. The van der Waals surface area contributed by atoms with Crippen LogP contribution >= 0.6 is 0 Å². The van der Waals surface area contributed by atoms with Gasteiger partial charge in [-0.05, 0) is 30.3 Å². The van der Waals surface area contributed by atoms with Crippen molar-refractivity contribution < 1.29 is 27.2 Å². The highest BCUT2D eigenvalue weighted by Crippen LogP contribution is 2.35. The molecule has 7 heteroatoms. The van der Waals surface area contributed by atoms with Crippen molar-refractivity contribution in [2.75, 3.05) is 4.90 Å². The number of hydrogen-bond acceptors (Lipinski definition) is 2. The molecule has 0 unspecified atom stereocenters. The van der Waals surface area contributed by atoms with Crippen molar-refractivity contribution in [2.45, 2.75) is 6.18 Å². The Bertz CT molecular complexity index is 763. The average molecular weight is 309 g/mol. The van der Waals surface area contributed by atoms with E-state index in [2.05, 4.69) is 0 Å². The van der Waals surface area contributed by atoms with Crippen LogP contribution in [0, 0.1) is 5.82 Å². The number of imide groups is 1. The number of carbonyl (C=O) groups is 2. The van der Waals surface area contributed by atoms with Crippen LogP contribution in [0.5, 0.6) is 0 Å². The lowest BCUT2D eigenvalue weighted by molar-refractivity contribution is -0.137. The Kier molecular flexibility index (Phi) is 3.01. The van der Waals surface area contributed by atoms with Crippen molar-refractivity contribution in [1.82, 2.24) is 0 Å². The summed E-state index contributed by atoms with van der Waals surface area (Å²) in [5, 5.41) is 0. The summed E-state index contributed by atoms with van der Waals surface area (Å²) in [6, 6.07) is 7.34. The first-order valence-corrected chi connectivity index (χ1v) is 6.15. The monoisotopic (exact) mass is 309 g/mol. The number of halogens is 4. The summed E-state index contributed by atoms with van der Waals surface area (Å²) < 4.78 is 52.1. The van der Waals surface area contributed by atoms with Crippen molar-refractivity contribution >= 4 is 17.5 Å². The standard InChI is InChI=1S/C15H7F4NO2/c16-11-6-5-8(15(17,18)19)7-12(11)20-13(21)9-3-1-2-4-10(9)14(20)22/h1-7H. The molecule has 1 heterocycles. The molecule has 2 amide bonds. The van der Waals surface area contributed by atoms with E-state index in [1.807, 2.05) is 0 Å². The van der Waals surface area contributed by atoms with Crippen LogP contribution in [-0.2, 0) is 6.18 Å². The van der Waals surface area contributed by atoms with Gasteiger partial charge in [0.25, 0.3) is 11.8 Å². The number of fused-ring (bicyclic) bond motifs is 1. The predicted molar refractivity (Wildman–Crippen MR) is 69.0 cm³/mol. The maximum Gasteiger partial charge on any atom is 0.416 e. The Morgan fingerprint density at radius 1 is 0.864 bits per heavy atom. The van der Waals surface area contributed by atoms with Gasteiger partial charge in [0.15, 0.2) is 0 Å². The van der Waals surface area contributed by atoms with Crippen LogP contribution in [0.1, 0.15) is 26.3 Å². The van der Waals surface area contributed by atoms with Crippen LogP contribution in [0.15, 0.2) is 42.5 Å². The van der Waals surface area contributed by atoms with Crippen molar-refractivity contribution in [3.8, 4) is 0 Å². The van der Waals surface area contributed by atoms with E-state index in [0.29, 0.717) is 23.1 Å². The normalized spacial score (nSPS) is 14.5. The van der Waals surface area contributed by atoms with Gasteiger partial charge in [0, 0.05) is 0 Å². The van der Waals surface area contributed by atoms with Gasteiger partial charge >= 0.3 is 6.18 Å². The summed E-state index contributed by atoms with van der Waals surface area (Å²) in [5.41, 5.74) is -1.78. The number of anilines is 1. The molecule has 112 valence electrons. The van der Waals surface area contributed by atoms with Crippen molar-refractivity contribution in [1.29, 1.82) is 0 Å². The maximum atomic E-state index is 13.9. The Morgan fingerprint density at radius 2 is 1.41 bits per heavy atom. The SMILES string of the molecule is O=C1c2ccccc2C(=O)N1c1cc(C(F)(F)F)ccc1F. The summed E-state index contributed by atoms with van der Waals surface area (Å²) in [6.45, 7) is 0. The fourth-order valence-corrected chi connectivity index (χ4v) is 2.27. The smallest absolute Gasteiger partial charge is 0.268 e. The molecule has 0 bridgehead atoms. The van der Waals surface area contributed by atoms with Gasteiger partial charge in [0.2, 0.25) is 0 Å². The fourth-order valence-electron chi connectivity index (χ4n) is 2.27. The molecule has 2 aromatic carbocycles. The number of alkyl halides is 3. The molecule has 0 radical (unpaired) electrons. The molecular formula is C15H7F4NO2. The van der Waals surface area contributed by atoms with E-state index in [1.165, 1.54) is 24.3 Å². The lowest BCUT2D eigenvalue weighted by atomic mass is 10.1. The molecular weight excluding hydrogens is 302 g/mol. The van der Waals surface area contributed by atoms with Crippen LogP contribution in [-0.4, -0.2) is 11.8 Å². The van der Waals surface area contributed by atoms with E-state index in [9.17, 15) is 27.2 Å². The average Bonchev–Trinajstić information content (AvgIpc) is 2.71. The number of rotatable bonds is 1. The highest BCUT2D eigenvalue weighted by atomic mass is 19.4. The number of nitrogens with zero attached hydrogens (tertiary/aromatic N) is 1. The lowest BCUT2D eigenvalue weighted by Crippen LogP contribution is -2.30. The van der Waals surface area contributed by atoms with E-state index in [1.54, 1.807) is 0 Å². The first-order chi connectivity index (χ1) is 10.3. The van der Waals surface area contributed by atoms with Gasteiger partial charge in [0.1, 0.15) is 5.82 Å². The number of benzene rings is 2. The van der Waals surface area contributed by atoms with Crippen LogP contribution in [0.4, 0.5) is 23.2 Å².